The number of primary amides is 1. The molecule has 13 heavy (non-hydrogen) atoms. The van der Waals surface area contributed by atoms with Gasteiger partial charge in [0.05, 0.1) is 6.04 Å². The number of hydrogen-bond acceptors (Lipinski definition) is 3. The van der Waals surface area contributed by atoms with Crippen LogP contribution in [0.3, 0.4) is 0 Å². The standard InChI is InChI=1S/C9H18N2O2/c10-8(9(11)12)4-5-13-6-7-2-1-3-7/h7-8H,1-6,10H2,(H2,11,12). The Morgan fingerprint density at radius 3 is 2.69 bits per heavy atom. The van der Waals surface area contributed by atoms with E-state index in [0.717, 1.165) is 12.5 Å². The van der Waals surface area contributed by atoms with Gasteiger partial charge in [0.25, 0.3) is 0 Å². The van der Waals surface area contributed by atoms with E-state index in [1.165, 1.54) is 19.3 Å². The van der Waals surface area contributed by atoms with Crippen LogP contribution in [0.15, 0.2) is 0 Å². The van der Waals surface area contributed by atoms with Crippen molar-refractivity contribution in [2.24, 2.45) is 17.4 Å². The third kappa shape index (κ3) is 3.74. The average Bonchev–Trinajstić information content (AvgIpc) is 2.00. The summed E-state index contributed by atoms with van der Waals surface area (Å²) in [5, 5.41) is 0. The molecule has 1 unspecified atom stereocenters. The van der Waals surface area contributed by atoms with Gasteiger partial charge in [-0.3, -0.25) is 4.79 Å². The molecule has 1 aliphatic carbocycles. The number of ether oxygens (including phenoxy) is 1. The minimum atomic E-state index is -0.554. The molecular weight excluding hydrogens is 168 g/mol. The van der Waals surface area contributed by atoms with Crippen LogP contribution in [-0.4, -0.2) is 25.2 Å². The quantitative estimate of drug-likeness (QED) is 0.573. The summed E-state index contributed by atoms with van der Waals surface area (Å²) >= 11 is 0. The monoisotopic (exact) mass is 186 g/mol. The highest BCUT2D eigenvalue weighted by molar-refractivity contribution is 5.79. The lowest BCUT2D eigenvalue weighted by atomic mass is 9.86. The number of hydrogen-bond donors (Lipinski definition) is 2. The van der Waals surface area contributed by atoms with E-state index in [9.17, 15) is 4.79 Å². The minimum absolute atomic E-state index is 0.452. The zero-order chi connectivity index (χ0) is 9.68. The lowest BCUT2D eigenvalue weighted by Gasteiger charge is -2.24. The Kier molecular flexibility index (Phi) is 4.18. The smallest absolute Gasteiger partial charge is 0.234 e. The summed E-state index contributed by atoms with van der Waals surface area (Å²) in [6, 6.07) is -0.554. The average molecular weight is 186 g/mol. The van der Waals surface area contributed by atoms with Gasteiger partial charge >= 0.3 is 0 Å². The SMILES string of the molecule is NC(=O)C(N)CCOCC1CCC1. The molecule has 0 saturated heterocycles. The van der Waals surface area contributed by atoms with Crippen LogP contribution in [0.25, 0.3) is 0 Å². The number of carbonyl (C=O) groups is 1. The van der Waals surface area contributed by atoms with E-state index < -0.39 is 11.9 Å². The van der Waals surface area contributed by atoms with Crippen LogP contribution in [0.4, 0.5) is 0 Å². The van der Waals surface area contributed by atoms with Gasteiger partial charge in [0, 0.05) is 13.2 Å². The fourth-order valence-electron chi connectivity index (χ4n) is 1.26. The third-order valence-corrected chi connectivity index (χ3v) is 2.52. The molecule has 0 aromatic heterocycles. The van der Waals surface area contributed by atoms with E-state index in [4.69, 9.17) is 16.2 Å². The first-order valence-electron chi connectivity index (χ1n) is 4.83. The van der Waals surface area contributed by atoms with E-state index in [1.54, 1.807) is 0 Å². The summed E-state index contributed by atoms with van der Waals surface area (Å²) in [4.78, 5) is 10.5. The maximum atomic E-state index is 10.5. The lowest BCUT2D eigenvalue weighted by molar-refractivity contribution is -0.119. The van der Waals surface area contributed by atoms with Crippen LogP contribution in [0.1, 0.15) is 25.7 Å². The first-order valence-corrected chi connectivity index (χ1v) is 4.83. The molecule has 1 rings (SSSR count). The molecule has 1 amide bonds. The van der Waals surface area contributed by atoms with E-state index in [1.807, 2.05) is 0 Å². The van der Waals surface area contributed by atoms with E-state index >= 15 is 0 Å². The van der Waals surface area contributed by atoms with Crippen LogP contribution >= 0.6 is 0 Å². The first-order chi connectivity index (χ1) is 6.20. The summed E-state index contributed by atoms with van der Waals surface area (Å²) in [7, 11) is 0. The van der Waals surface area contributed by atoms with Gasteiger partial charge in [0.1, 0.15) is 0 Å². The summed E-state index contributed by atoms with van der Waals surface area (Å²) in [5.41, 5.74) is 10.4. The largest absolute Gasteiger partial charge is 0.381 e. The predicted octanol–water partition coefficient (Wildman–Crippen LogP) is 0.00580. The Labute approximate surface area is 78.6 Å². The van der Waals surface area contributed by atoms with Crippen molar-refractivity contribution in [1.29, 1.82) is 0 Å². The molecule has 0 radical (unpaired) electrons. The number of rotatable bonds is 6. The summed E-state index contributed by atoms with van der Waals surface area (Å²) in [6.07, 6.45) is 4.42. The first kappa shape index (κ1) is 10.5. The van der Waals surface area contributed by atoms with Gasteiger partial charge in [-0.05, 0) is 25.2 Å². The molecule has 1 atom stereocenters. The number of nitrogens with two attached hydrogens (primary N) is 2. The van der Waals surface area contributed by atoms with Gasteiger partial charge < -0.3 is 16.2 Å². The minimum Gasteiger partial charge on any atom is -0.381 e. The molecule has 4 nitrogen and oxygen atoms in total. The van der Waals surface area contributed by atoms with Gasteiger partial charge in [-0.15, -0.1) is 0 Å². The highest BCUT2D eigenvalue weighted by Crippen LogP contribution is 2.26. The topological polar surface area (TPSA) is 78.3 Å². The fraction of sp³-hybridized carbons (Fsp3) is 0.889. The highest BCUT2D eigenvalue weighted by Gasteiger charge is 2.17. The van der Waals surface area contributed by atoms with Crippen molar-refractivity contribution in [2.45, 2.75) is 31.7 Å². The second-order valence-electron chi connectivity index (χ2n) is 3.67. The third-order valence-electron chi connectivity index (χ3n) is 2.52. The normalized spacial score (nSPS) is 19.5. The Hall–Kier alpha value is -0.610. The van der Waals surface area contributed by atoms with Gasteiger partial charge in [-0.1, -0.05) is 6.42 Å². The second-order valence-corrected chi connectivity index (χ2v) is 3.67. The molecule has 0 spiro atoms. The maximum Gasteiger partial charge on any atom is 0.234 e. The summed E-state index contributed by atoms with van der Waals surface area (Å²) in [6.45, 7) is 1.35. The van der Waals surface area contributed by atoms with Crippen LogP contribution < -0.4 is 11.5 Å². The van der Waals surface area contributed by atoms with Crippen molar-refractivity contribution < 1.29 is 9.53 Å². The molecule has 0 aromatic carbocycles. The Morgan fingerprint density at radius 1 is 1.54 bits per heavy atom. The molecular formula is C9H18N2O2. The predicted molar refractivity (Wildman–Crippen MR) is 49.9 cm³/mol. The van der Waals surface area contributed by atoms with Gasteiger partial charge in [-0.2, -0.15) is 0 Å². The molecule has 0 bridgehead atoms. The summed E-state index contributed by atoms with van der Waals surface area (Å²) < 4.78 is 5.37. The molecule has 1 fully saturated rings. The fourth-order valence-corrected chi connectivity index (χ4v) is 1.26. The Balaban J connectivity index is 1.90. The molecule has 4 heteroatoms. The van der Waals surface area contributed by atoms with Crippen molar-refractivity contribution >= 4 is 5.91 Å². The Bertz CT molecular complexity index is 169. The zero-order valence-corrected chi connectivity index (χ0v) is 7.87. The van der Waals surface area contributed by atoms with Crippen molar-refractivity contribution in [3.05, 3.63) is 0 Å². The van der Waals surface area contributed by atoms with E-state index in [0.29, 0.717) is 13.0 Å². The van der Waals surface area contributed by atoms with Gasteiger partial charge in [0.2, 0.25) is 5.91 Å². The molecule has 0 heterocycles. The summed E-state index contributed by atoms with van der Waals surface area (Å²) in [5.74, 6) is 0.289. The number of amides is 1. The lowest BCUT2D eigenvalue weighted by Crippen LogP contribution is -2.37. The zero-order valence-electron chi connectivity index (χ0n) is 7.87. The van der Waals surface area contributed by atoms with Crippen LogP contribution in [0.2, 0.25) is 0 Å². The van der Waals surface area contributed by atoms with Crippen LogP contribution in [0, 0.1) is 5.92 Å². The van der Waals surface area contributed by atoms with Crippen molar-refractivity contribution in [1.82, 2.24) is 0 Å². The molecule has 0 aromatic rings. The number of carbonyl (C=O) groups excluding carboxylic acids is 1. The van der Waals surface area contributed by atoms with E-state index in [2.05, 4.69) is 0 Å². The molecule has 0 aliphatic heterocycles. The van der Waals surface area contributed by atoms with Crippen LogP contribution in [-0.2, 0) is 9.53 Å². The highest BCUT2D eigenvalue weighted by atomic mass is 16.5. The van der Waals surface area contributed by atoms with Gasteiger partial charge in [-0.25, -0.2) is 0 Å². The van der Waals surface area contributed by atoms with Crippen LogP contribution in [0.5, 0.6) is 0 Å². The molecule has 1 saturated carbocycles. The second kappa shape index (κ2) is 5.19. The Morgan fingerprint density at radius 2 is 2.23 bits per heavy atom. The van der Waals surface area contributed by atoms with Gasteiger partial charge in [0.15, 0.2) is 0 Å². The van der Waals surface area contributed by atoms with Crippen molar-refractivity contribution in [3.8, 4) is 0 Å². The molecule has 1 aliphatic rings. The molecule has 4 N–H and O–H groups in total. The molecule has 76 valence electrons. The van der Waals surface area contributed by atoms with Crippen molar-refractivity contribution in [3.63, 3.8) is 0 Å². The van der Waals surface area contributed by atoms with E-state index in [-0.39, 0.29) is 0 Å². The maximum absolute atomic E-state index is 10.5. The van der Waals surface area contributed by atoms with Crippen molar-refractivity contribution in [2.75, 3.05) is 13.2 Å².